The van der Waals surface area contributed by atoms with E-state index in [0.717, 1.165) is 0 Å². The number of benzene rings is 8. The molecule has 0 saturated heterocycles. The molecule has 0 aliphatic heterocycles. The minimum atomic E-state index is -4.31. The van der Waals surface area contributed by atoms with Crippen molar-refractivity contribution in [2.24, 2.45) is 0 Å². The van der Waals surface area contributed by atoms with Gasteiger partial charge in [0.1, 0.15) is 0 Å². The molecule has 4 aliphatic rings. The van der Waals surface area contributed by atoms with Crippen LogP contribution in [0.3, 0.4) is 0 Å². The Morgan fingerprint density at radius 2 is 0.424 bits per heavy atom. The van der Waals surface area contributed by atoms with Gasteiger partial charge < -0.3 is 0 Å². The molecule has 8 aromatic rings. The van der Waals surface area contributed by atoms with Gasteiger partial charge in [0, 0.05) is 0 Å². The third-order valence-electron chi connectivity index (χ3n) is 22.5. The van der Waals surface area contributed by atoms with Crippen molar-refractivity contribution in [2.75, 3.05) is 0 Å². The van der Waals surface area contributed by atoms with E-state index in [-0.39, 0.29) is 21.7 Å². The summed E-state index contributed by atoms with van der Waals surface area (Å²) in [7, 11) is 0. The molecule has 0 heterocycles. The van der Waals surface area contributed by atoms with Crippen molar-refractivity contribution in [3.8, 4) is 44.5 Å². The Balaban J connectivity index is 1.25. The van der Waals surface area contributed by atoms with Crippen molar-refractivity contribution in [1.29, 1.82) is 0 Å². The summed E-state index contributed by atoms with van der Waals surface area (Å²) < 4.78 is 6.39. The van der Waals surface area contributed by atoms with Gasteiger partial charge in [-0.3, -0.25) is 0 Å². The average molecular weight is 1180 g/mol. The second kappa shape index (κ2) is 25.2. The molecule has 0 amide bonds. The Hall–Kier alpha value is -5.70. The first-order valence-electron chi connectivity index (χ1n) is 34.7. The zero-order valence-electron chi connectivity index (χ0n) is 53.6. The van der Waals surface area contributed by atoms with Crippen LogP contribution < -0.4 is 17.6 Å². The molecule has 0 saturated carbocycles. The Morgan fingerprint density at radius 3 is 0.706 bits per heavy atom. The van der Waals surface area contributed by atoms with E-state index >= 15 is 0 Å². The van der Waals surface area contributed by atoms with Crippen molar-refractivity contribution < 1.29 is 0 Å². The summed E-state index contributed by atoms with van der Waals surface area (Å²) in [6.07, 6.45) is 29.0. The fraction of sp³-hybridized carbons (Fsp3) is 0.429. The van der Waals surface area contributed by atoms with Crippen LogP contribution in [0.4, 0.5) is 0 Å². The third kappa shape index (κ3) is 9.57. The minimum absolute atomic E-state index is 0.0125. The fourth-order valence-corrected chi connectivity index (χ4v) is 28.3. The standard InChI is InChI=1S/C84H100Ge/c1-9-17-49-81(50-18-10-2)76-40-32-28-36-68(76)72-57-61(44-48-77(72)81)85(62-41-45-69-65-33-25-29-37-73(65)82(51-19-11-3,52-20-12-4)78(69)58-62,63-42-46-70-66-34-26-30-38-74(66)83(53-21-13-5,54-22-14-6)79(70)59-63)64-43-47-71-67-35-27-31-39-75(67)84(55-23-15-7,56-24-16-8)80(71)60-64/h25-48,57-60H,9-24,49-56H2,1-8H3. The molecule has 0 fully saturated rings. The van der Waals surface area contributed by atoms with Crippen LogP contribution in [-0.2, 0) is 21.7 Å². The Kier molecular flexibility index (Phi) is 17.7. The van der Waals surface area contributed by atoms with E-state index in [1.165, 1.54) is 199 Å². The maximum absolute atomic E-state index is 4.31. The predicted octanol–water partition coefficient (Wildman–Crippen LogP) is 21.7. The summed E-state index contributed by atoms with van der Waals surface area (Å²) in [5.74, 6) is 0. The molecule has 0 N–H and O–H groups in total. The van der Waals surface area contributed by atoms with E-state index in [2.05, 4.69) is 225 Å². The van der Waals surface area contributed by atoms with Gasteiger partial charge in [-0.25, -0.2) is 0 Å². The van der Waals surface area contributed by atoms with Crippen LogP contribution in [0.1, 0.15) is 254 Å². The summed E-state index contributed by atoms with van der Waals surface area (Å²) in [5, 5.41) is 0. The zero-order chi connectivity index (χ0) is 58.8. The number of hydrogen-bond donors (Lipinski definition) is 0. The van der Waals surface area contributed by atoms with Crippen LogP contribution in [0, 0.1) is 0 Å². The molecule has 0 spiro atoms. The van der Waals surface area contributed by atoms with E-state index in [9.17, 15) is 0 Å². The Bertz CT molecular complexity index is 3340. The normalized spacial score (nSPS) is 15.6. The van der Waals surface area contributed by atoms with E-state index in [1.807, 2.05) is 0 Å². The first-order valence-corrected chi connectivity index (χ1v) is 38.9. The van der Waals surface area contributed by atoms with E-state index in [0.29, 0.717) is 0 Å². The molecule has 0 radical (unpaired) electrons. The molecule has 0 aromatic heterocycles. The average Bonchev–Trinajstić information content (AvgIpc) is 2.01. The van der Waals surface area contributed by atoms with Gasteiger partial charge in [-0.1, -0.05) is 0 Å². The number of hydrogen-bond acceptors (Lipinski definition) is 0. The monoisotopic (exact) mass is 1180 g/mol. The molecule has 1 heteroatoms. The number of rotatable bonds is 28. The molecule has 8 aromatic carbocycles. The number of fused-ring (bicyclic) bond motifs is 12. The summed E-state index contributed by atoms with van der Waals surface area (Å²) in [5.41, 5.74) is 24.4. The molecule has 0 bridgehead atoms. The third-order valence-corrected chi connectivity index (χ3v) is 32.3. The van der Waals surface area contributed by atoms with Gasteiger partial charge in [0.2, 0.25) is 0 Å². The molecule has 12 rings (SSSR count). The first-order chi connectivity index (χ1) is 41.7. The zero-order valence-corrected chi connectivity index (χ0v) is 55.7. The van der Waals surface area contributed by atoms with E-state index in [1.54, 1.807) is 62.1 Å². The van der Waals surface area contributed by atoms with Gasteiger partial charge in [0.05, 0.1) is 0 Å². The second-order valence-corrected chi connectivity index (χ2v) is 35.1. The van der Waals surface area contributed by atoms with Crippen molar-refractivity contribution in [1.82, 2.24) is 0 Å². The first kappa shape index (κ1) is 59.6. The molecular weight excluding hydrogens is 1080 g/mol. The predicted molar refractivity (Wildman–Crippen MR) is 371 cm³/mol. The van der Waals surface area contributed by atoms with Crippen molar-refractivity contribution in [3.63, 3.8) is 0 Å². The molecular formula is C84H100Ge. The molecule has 4 aliphatic carbocycles. The van der Waals surface area contributed by atoms with Gasteiger partial charge >= 0.3 is 521 Å². The van der Waals surface area contributed by atoms with Crippen LogP contribution in [0.2, 0.25) is 0 Å². The summed E-state index contributed by atoms with van der Waals surface area (Å²) in [6.45, 7) is 19.3. The summed E-state index contributed by atoms with van der Waals surface area (Å²) in [6, 6.07) is 72.1. The topological polar surface area (TPSA) is 0 Å². The summed E-state index contributed by atoms with van der Waals surface area (Å²) >= 11 is -4.31. The fourth-order valence-electron chi connectivity index (χ4n) is 18.2. The van der Waals surface area contributed by atoms with Crippen LogP contribution in [0.5, 0.6) is 0 Å². The second-order valence-electron chi connectivity index (χ2n) is 27.1. The quantitative estimate of drug-likeness (QED) is 0.0429. The molecule has 0 nitrogen and oxygen atoms in total. The van der Waals surface area contributed by atoms with Crippen LogP contribution in [0.25, 0.3) is 44.5 Å². The molecule has 440 valence electrons. The van der Waals surface area contributed by atoms with Crippen LogP contribution >= 0.6 is 0 Å². The molecule has 0 unspecified atom stereocenters. The molecule has 0 atom stereocenters. The van der Waals surface area contributed by atoms with E-state index in [4.69, 9.17) is 0 Å². The molecule has 85 heavy (non-hydrogen) atoms. The number of unbranched alkanes of at least 4 members (excludes halogenated alkanes) is 8. The van der Waals surface area contributed by atoms with Gasteiger partial charge in [0.25, 0.3) is 0 Å². The van der Waals surface area contributed by atoms with Gasteiger partial charge in [-0.15, -0.1) is 0 Å². The van der Waals surface area contributed by atoms with E-state index < -0.39 is 13.3 Å². The van der Waals surface area contributed by atoms with Crippen molar-refractivity contribution >= 4 is 30.8 Å². The summed E-state index contributed by atoms with van der Waals surface area (Å²) in [4.78, 5) is 0. The SMILES string of the molecule is CCCCC1(CCCC)c2ccccc2-c2c[c]([Ge]([c]3ccc4c(c3)C(CCCC)(CCCC)c3ccccc3-4)([c]3ccc4c(c3)C(CCCC)(CCCC)c3ccccc3-4)[c]3ccc4c(c3)C(CCCC)(CCCC)c3ccccc3-4)ccc21. The van der Waals surface area contributed by atoms with Crippen molar-refractivity contribution in [3.05, 3.63) is 214 Å². The van der Waals surface area contributed by atoms with Gasteiger partial charge in [0.15, 0.2) is 0 Å². The maximum atomic E-state index is 2.92. The Labute approximate surface area is 517 Å². The van der Waals surface area contributed by atoms with Crippen LogP contribution in [0.15, 0.2) is 170 Å². The Morgan fingerprint density at radius 1 is 0.212 bits per heavy atom. The van der Waals surface area contributed by atoms with Gasteiger partial charge in [-0.05, 0) is 0 Å². The van der Waals surface area contributed by atoms with Gasteiger partial charge in [-0.2, -0.15) is 0 Å². The van der Waals surface area contributed by atoms with Crippen LogP contribution in [-0.4, -0.2) is 13.3 Å². The van der Waals surface area contributed by atoms with Crippen molar-refractivity contribution in [2.45, 2.75) is 231 Å².